The predicted molar refractivity (Wildman–Crippen MR) is 122 cm³/mol. The quantitative estimate of drug-likeness (QED) is 0.708. The van der Waals surface area contributed by atoms with Crippen LogP contribution in [-0.2, 0) is 6.54 Å². The molecule has 4 rings (SSSR count). The number of urea groups is 1. The molecule has 0 unspecified atom stereocenters. The van der Waals surface area contributed by atoms with Gasteiger partial charge in [-0.3, -0.25) is 4.90 Å². The number of nitrogens with one attached hydrogen (secondary N) is 1. The number of hydrogen-bond donors (Lipinski definition) is 1. The number of likely N-dealkylation sites (tertiary alicyclic amines) is 2. The van der Waals surface area contributed by atoms with Gasteiger partial charge in [0.05, 0.1) is 0 Å². The summed E-state index contributed by atoms with van der Waals surface area (Å²) in [6.45, 7) is 5.63. The maximum absolute atomic E-state index is 13.1. The molecular weight excluding hydrogens is 389 g/mol. The third kappa shape index (κ3) is 6.30. The standard InChI is InChI=1S/C26H34FN3O/c27-25-8-6-23(7-9-25)24-13-18-30(19-14-24)26(31)28-15-10-21-11-16-29(17-12-21)20-22-4-2-1-3-5-22/h1-9,21,24H,10-20H2,(H,28,31). The van der Waals surface area contributed by atoms with E-state index in [4.69, 9.17) is 0 Å². The number of nitrogens with zero attached hydrogens (tertiary/aromatic N) is 2. The molecule has 0 radical (unpaired) electrons. The molecule has 0 saturated carbocycles. The van der Waals surface area contributed by atoms with Crippen LogP contribution in [-0.4, -0.2) is 48.6 Å². The zero-order chi connectivity index (χ0) is 21.5. The number of halogens is 1. The molecule has 2 amide bonds. The van der Waals surface area contributed by atoms with E-state index in [0.29, 0.717) is 11.8 Å². The first kappa shape index (κ1) is 21.8. The van der Waals surface area contributed by atoms with E-state index in [1.807, 2.05) is 17.0 Å². The second-order valence-corrected chi connectivity index (χ2v) is 9.04. The number of hydrogen-bond acceptors (Lipinski definition) is 2. The van der Waals surface area contributed by atoms with Gasteiger partial charge in [0.1, 0.15) is 5.82 Å². The molecule has 2 saturated heterocycles. The number of carbonyl (C=O) groups excluding carboxylic acids is 1. The van der Waals surface area contributed by atoms with Crippen molar-refractivity contribution in [3.8, 4) is 0 Å². The van der Waals surface area contributed by atoms with Crippen LogP contribution < -0.4 is 5.32 Å². The molecule has 2 aliphatic rings. The highest BCUT2D eigenvalue weighted by Gasteiger charge is 2.24. The summed E-state index contributed by atoms with van der Waals surface area (Å²) in [6, 6.07) is 17.6. The SMILES string of the molecule is O=C(NCCC1CCN(Cc2ccccc2)CC1)N1CCC(c2ccc(F)cc2)CC1. The van der Waals surface area contributed by atoms with Crippen molar-refractivity contribution in [2.45, 2.75) is 44.6 Å². The number of piperidine rings is 2. The summed E-state index contributed by atoms with van der Waals surface area (Å²) in [5.41, 5.74) is 2.57. The van der Waals surface area contributed by atoms with Crippen LogP contribution in [0.2, 0.25) is 0 Å². The molecule has 0 aromatic heterocycles. The molecule has 166 valence electrons. The second-order valence-electron chi connectivity index (χ2n) is 9.04. The van der Waals surface area contributed by atoms with Gasteiger partial charge in [-0.2, -0.15) is 0 Å². The molecule has 1 N–H and O–H groups in total. The molecule has 4 nitrogen and oxygen atoms in total. The zero-order valence-corrected chi connectivity index (χ0v) is 18.3. The van der Waals surface area contributed by atoms with E-state index in [1.54, 1.807) is 0 Å². The van der Waals surface area contributed by atoms with E-state index in [0.717, 1.165) is 58.5 Å². The van der Waals surface area contributed by atoms with E-state index in [9.17, 15) is 9.18 Å². The number of benzene rings is 2. The molecule has 2 aromatic rings. The number of amides is 2. The molecular formula is C26H34FN3O. The number of rotatable bonds is 6. The molecule has 2 heterocycles. The van der Waals surface area contributed by atoms with Crippen molar-refractivity contribution < 1.29 is 9.18 Å². The van der Waals surface area contributed by atoms with Crippen LogP contribution in [0.5, 0.6) is 0 Å². The van der Waals surface area contributed by atoms with Crippen molar-refractivity contribution in [2.75, 3.05) is 32.7 Å². The summed E-state index contributed by atoms with van der Waals surface area (Å²) >= 11 is 0. The molecule has 2 aliphatic heterocycles. The van der Waals surface area contributed by atoms with Gasteiger partial charge in [-0.15, -0.1) is 0 Å². The molecule has 5 heteroatoms. The van der Waals surface area contributed by atoms with Gasteiger partial charge in [0.15, 0.2) is 0 Å². The lowest BCUT2D eigenvalue weighted by Crippen LogP contribution is -2.44. The highest BCUT2D eigenvalue weighted by Crippen LogP contribution is 2.28. The van der Waals surface area contributed by atoms with Gasteiger partial charge < -0.3 is 10.2 Å². The third-order valence-corrected chi connectivity index (χ3v) is 6.91. The first-order valence-electron chi connectivity index (χ1n) is 11.7. The van der Waals surface area contributed by atoms with Crippen molar-refractivity contribution in [3.05, 3.63) is 71.5 Å². The van der Waals surface area contributed by atoms with E-state index in [1.165, 1.54) is 36.1 Å². The molecule has 31 heavy (non-hydrogen) atoms. The van der Waals surface area contributed by atoms with Crippen LogP contribution in [0.3, 0.4) is 0 Å². The lowest BCUT2D eigenvalue weighted by Gasteiger charge is -2.33. The monoisotopic (exact) mass is 423 g/mol. The second kappa shape index (κ2) is 10.8. The third-order valence-electron chi connectivity index (χ3n) is 6.91. The Morgan fingerprint density at radius 3 is 2.26 bits per heavy atom. The van der Waals surface area contributed by atoms with E-state index >= 15 is 0 Å². The average molecular weight is 424 g/mol. The van der Waals surface area contributed by atoms with E-state index < -0.39 is 0 Å². The van der Waals surface area contributed by atoms with Crippen LogP contribution in [0.15, 0.2) is 54.6 Å². The van der Waals surface area contributed by atoms with Crippen molar-refractivity contribution in [2.24, 2.45) is 5.92 Å². The largest absolute Gasteiger partial charge is 0.338 e. The van der Waals surface area contributed by atoms with E-state index in [-0.39, 0.29) is 11.8 Å². The molecule has 0 atom stereocenters. The highest BCUT2D eigenvalue weighted by atomic mass is 19.1. The van der Waals surface area contributed by atoms with Gasteiger partial charge >= 0.3 is 6.03 Å². The van der Waals surface area contributed by atoms with Gasteiger partial charge in [-0.1, -0.05) is 42.5 Å². The predicted octanol–water partition coefficient (Wildman–Crippen LogP) is 5.02. The van der Waals surface area contributed by atoms with Crippen LogP contribution in [0, 0.1) is 11.7 Å². The fourth-order valence-electron chi connectivity index (χ4n) is 4.92. The fraction of sp³-hybridized carbons (Fsp3) is 0.500. The molecule has 0 spiro atoms. The number of carbonyl (C=O) groups is 1. The van der Waals surface area contributed by atoms with Crippen LogP contribution in [0.4, 0.5) is 9.18 Å². The minimum atomic E-state index is -0.192. The van der Waals surface area contributed by atoms with Crippen LogP contribution in [0.25, 0.3) is 0 Å². The normalized spacial score (nSPS) is 18.8. The summed E-state index contributed by atoms with van der Waals surface area (Å²) in [5.74, 6) is 0.935. The summed E-state index contributed by atoms with van der Waals surface area (Å²) in [4.78, 5) is 17.0. The van der Waals surface area contributed by atoms with Gasteiger partial charge in [0.2, 0.25) is 0 Å². The van der Waals surface area contributed by atoms with Gasteiger partial charge in [-0.25, -0.2) is 9.18 Å². The van der Waals surface area contributed by atoms with Gasteiger partial charge in [-0.05, 0) is 80.3 Å². The molecule has 2 aromatic carbocycles. The Morgan fingerprint density at radius 1 is 0.903 bits per heavy atom. The van der Waals surface area contributed by atoms with Crippen LogP contribution in [0.1, 0.15) is 49.1 Å². The molecule has 0 aliphatic carbocycles. The highest BCUT2D eigenvalue weighted by molar-refractivity contribution is 5.74. The lowest BCUT2D eigenvalue weighted by atomic mass is 9.89. The van der Waals surface area contributed by atoms with E-state index in [2.05, 4.69) is 40.5 Å². The first-order chi connectivity index (χ1) is 15.2. The van der Waals surface area contributed by atoms with Gasteiger partial charge in [0.25, 0.3) is 0 Å². The van der Waals surface area contributed by atoms with Crippen molar-refractivity contribution in [1.29, 1.82) is 0 Å². The molecule has 0 bridgehead atoms. The Labute approximate surface area is 185 Å². The van der Waals surface area contributed by atoms with Crippen LogP contribution >= 0.6 is 0 Å². The Bertz CT molecular complexity index is 810. The first-order valence-corrected chi connectivity index (χ1v) is 11.7. The van der Waals surface area contributed by atoms with Crippen molar-refractivity contribution in [3.63, 3.8) is 0 Å². The Morgan fingerprint density at radius 2 is 1.58 bits per heavy atom. The maximum Gasteiger partial charge on any atom is 0.317 e. The topological polar surface area (TPSA) is 35.6 Å². The summed E-state index contributed by atoms with van der Waals surface area (Å²) in [5, 5.41) is 3.14. The van der Waals surface area contributed by atoms with Crippen molar-refractivity contribution in [1.82, 2.24) is 15.1 Å². The maximum atomic E-state index is 13.1. The Kier molecular flexibility index (Phi) is 7.57. The summed E-state index contributed by atoms with van der Waals surface area (Å²) in [7, 11) is 0. The summed E-state index contributed by atoms with van der Waals surface area (Å²) in [6.07, 6.45) is 5.38. The summed E-state index contributed by atoms with van der Waals surface area (Å²) < 4.78 is 13.1. The lowest BCUT2D eigenvalue weighted by molar-refractivity contribution is 0.166. The fourth-order valence-corrected chi connectivity index (χ4v) is 4.92. The van der Waals surface area contributed by atoms with Crippen molar-refractivity contribution >= 4 is 6.03 Å². The average Bonchev–Trinajstić information content (AvgIpc) is 2.81. The van der Waals surface area contributed by atoms with Gasteiger partial charge in [0, 0.05) is 26.2 Å². The Balaban J connectivity index is 1.11. The smallest absolute Gasteiger partial charge is 0.317 e. The zero-order valence-electron chi connectivity index (χ0n) is 18.3. The molecule has 2 fully saturated rings. The Hall–Kier alpha value is -2.40. The minimum Gasteiger partial charge on any atom is -0.338 e. The minimum absolute atomic E-state index is 0.0686.